The molecule has 3 nitrogen and oxygen atoms in total. The van der Waals surface area contributed by atoms with Gasteiger partial charge in [-0.25, -0.2) is 0 Å². The van der Waals surface area contributed by atoms with Gasteiger partial charge in [-0.15, -0.1) is 0 Å². The van der Waals surface area contributed by atoms with Crippen LogP contribution in [-0.2, 0) is 6.42 Å². The second-order valence-electron chi connectivity index (χ2n) is 5.58. The number of ether oxygens (including phenoxy) is 2. The molecular formula is C16H27NO2. The van der Waals surface area contributed by atoms with Gasteiger partial charge in [0.25, 0.3) is 0 Å². The maximum atomic E-state index is 5.36. The molecule has 1 rings (SSSR count). The minimum absolute atomic E-state index is 0.266. The van der Waals surface area contributed by atoms with Gasteiger partial charge in [0.15, 0.2) is 11.5 Å². The van der Waals surface area contributed by atoms with Gasteiger partial charge >= 0.3 is 0 Å². The van der Waals surface area contributed by atoms with E-state index in [2.05, 4.69) is 38.2 Å². The molecule has 1 N–H and O–H groups in total. The molecule has 0 aromatic heterocycles. The summed E-state index contributed by atoms with van der Waals surface area (Å²) in [6.07, 6.45) is 2.13. The van der Waals surface area contributed by atoms with Gasteiger partial charge < -0.3 is 14.8 Å². The predicted octanol–water partition coefficient (Wildman–Crippen LogP) is 3.27. The van der Waals surface area contributed by atoms with Gasteiger partial charge in [0.1, 0.15) is 0 Å². The highest BCUT2D eigenvalue weighted by atomic mass is 16.5. The third-order valence-corrected chi connectivity index (χ3v) is 4.09. The summed E-state index contributed by atoms with van der Waals surface area (Å²) in [6, 6.07) is 6.59. The monoisotopic (exact) mass is 265 g/mol. The van der Waals surface area contributed by atoms with Gasteiger partial charge in [0.2, 0.25) is 0 Å². The van der Waals surface area contributed by atoms with E-state index in [9.17, 15) is 0 Å². The second kappa shape index (κ2) is 6.80. The van der Waals surface area contributed by atoms with Crippen molar-refractivity contribution in [3.05, 3.63) is 23.8 Å². The number of benzene rings is 1. The Bertz CT molecular complexity index is 402. The van der Waals surface area contributed by atoms with E-state index in [4.69, 9.17) is 9.47 Å². The van der Waals surface area contributed by atoms with Crippen LogP contribution >= 0.6 is 0 Å². The number of methoxy groups -OCH3 is 2. The molecule has 1 aromatic rings. The molecule has 0 radical (unpaired) electrons. The fraction of sp³-hybridized carbons (Fsp3) is 0.625. The lowest BCUT2D eigenvalue weighted by Gasteiger charge is -2.33. The maximum absolute atomic E-state index is 5.36. The summed E-state index contributed by atoms with van der Waals surface area (Å²) in [5.41, 5.74) is 1.53. The van der Waals surface area contributed by atoms with E-state index in [1.165, 1.54) is 5.56 Å². The summed E-state index contributed by atoms with van der Waals surface area (Å²) < 4.78 is 10.6. The van der Waals surface area contributed by atoms with Gasteiger partial charge in [-0.2, -0.15) is 0 Å². The molecule has 0 fully saturated rings. The van der Waals surface area contributed by atoms with Crippen LogP contribution in [0.5, 0.6) is 11.5 Å². The average Bonchev–Trinajstić information content (AvgIpc) is 2.44. The molecule has 0 aliphatic carbocycles. The van der Waals surface area contributed by atoms with Crippen LogP contribution in [0.15, 0.2) is 18.2 Å². The highest BCUT2D eigenvalue weighted by Crippen LogP contribution is 2.31. The van der Waals surface area contributed by atoms with Crippen LogP contribution in [0.4, 0.5) is 0 Å². The van der Waals surface area contributed by atoms with E-state index in [-0.39, 0.29) is 5.41 Å². The van der Waals surface area contributed by atoms with Crippen molar-refractivity contribution in [1.82, 2.24) is 5.32 Å². The first-order valence-corrected chi connectivity index (χ1v) is 6.86. The Labute approximate surface area is 117 Å². The van der Waals surface area contributed by atoms with Gasteiger partial charge in [-0.1, -0.05) is 26.8 Å². The van der Waals surface area contributed by atoms with Gasteiger partial charge in [-0.3, -0.25) is 0 Å². The van der Waals surface area contributed by atoms with Crippen LogP contribution in [0.1, 0.15) is 32.8 Å². The van der Waals surface area contributed by atoms with Crippen LogP contribution in [0.2, 0.25) is 0 Å². The Morgan fingerprint density at radius 1 is 1.16 bits per heavy atom. The van der Waals surface area contributed by atoms with Crippen molar-refractivity contribution in [2.24, 2.45) is 5.41 Å². The predicted molar refractivity (Wildman–Crippen MR) is 80.2 cm³/mol. The number of nitrogens with one attached hydrogen (secondary N) is 1. The van der Waals surface area contributed by atoms with Crippen molar-refractivity contribution in [2.75, 3.05) is 21.3 Å². The SMILES string of the molecule is CCC(C)(C)C(Cc1ccc(OC)c(OC)c1)NC. The molecular weight excluding hydrogens is 238 g/mol. The summed E-state index contributed by atoms with van der Waals surface area (Å²) in [5, 5.41) is 3.44. The van der Waals surface area contributed by atoms with E-state index in [1.807, 2.05) is 13.1 Å². The standard InChI is InChI=1S/C16H27NO2/c1-7-16(2,3)15(17-4)11-12-8-9-13(18-5)14(10-12)19-6/h8-10,15,17H,7,11H2,1-6H3. The average molecular weight is 265 g/mol. The number of likely N-dealkylation sites (N-methyl/N-ethyl adjacent to an activating group) is 1. The Morgan fingerprint density at radius 3 is 2.26 bits per heavy atom. The number of hydrogen-bond acceptors (Lipinski definition) is 3. The Balaban J connectivity index is 2.92. The van der Waals surface area contributed by atoms with Crippen molar-refractivity contribution >= 4 is 0 Å². The van der Waals surface area contributed by atoms with Crippen molar-refractivity contribution in [3.63, 3.8) is 0 Å². The maximum Gasteiger partial charge on any atom is 0.160 e. The summed E-state index contributed by atoms with van der Waals surface area (Å²) >= 11 is 0. The fourth-order valence-corrected chi connectivity index (χ4v) is 2.26. The summed E-state index contributed by atoms with van der Waals surface area (Å²) in [5.74, 6) is 1.58. The molecule has 0 amide bonds. The molecule has 0 saturated carbocycles. The lowest BCUT2D eigenvalue weighted by Crippen LogP contribution is -2.41. The molecule has 1 atom stereocenters. The van der Waals surface area contributed by atoms with Crippen molar-refractivity contribution in [3.8, 4) is 11.5 Å². The molecule has 0 bridgehead atoms. The number of rotatable bonds is 7. The first-order chi connectivity index (χ1) is 8.98. The normalized spacial score (nSPS) is 13.2. The topological polar surface area (TPSA) is 30.5 Å². The molecule has 0 saturated heterocycles. The van der Waals surface area contributed by atoms with E-state index < -0.39 is 0 Å². The van der Waals surface area contributed by atoms with Crippen molar-refractivity contribution in [2.45, 2.75) is 39.7 Å². The van der Waals surface area contributed by atoms with Gasteiger partial charge in [0.05, 0.1) is 14.2 Å². The van der Waals surface area contributed by atoms with Gasteiger partial charge in [0, 0.05) is 6.04 Å². The zero-order chi connectivity index (χ0) is 14.5. The van der Waals surface area contributed by atoms with E-state index in [0.29, 0.717) is 6.04 Å². The van der Waals surface area contributed by atoms with Gasteiger partial charge in [-0.05, 0) is 43.0 Å². The Kier molecular flexibility index (Phi) is 5.67. The van der Waals surface area contributed by atoms with E-state index in [1.54, 1.807) is 14.2 Å². The summed E-state index contributed by atoms with van der Waals surface area (Å²) in [6.45, 7) is 6.84. The zero-order valence-corrected chi connectivity index (χ0v) is 13.0. The minimum Gasteiger partial charge on any atom is -0.493 e. The molecule has 0 aliphatic rings. The van der Waals surface area contributed by atoms with E-state index >= 15 is 0 Å². The van der Waals surface area contributed by atoms with Crippen molar-refractivity contribution in [1.29, 1.82) is 0 Å². The fourth-order valence-electron chi connectivity index (χ4n) is 2.26. The number of hydrogen-bond donors (Lipinski definition) is 1. The lowest BCUT2D eigenvalue weighted by atomic mass is 9.79. The largest absolute Gasteiger partial charge is 0.493 e. The van der Waals surface area contributed by atoms with E-state index in [0.717, 1.165) is 24.3 Å². The molecule has 0 spiro atoms. The molecule has 1 aromatic carbocycles. The highest BCUT2D eigenvalue weighted by molar-refractivity contribution is 5.43. The van der Waals surface area contributed by atoms with Crippen molar-refractivity contribution < 1.29 is 9.47 Å². The Hall–Kier alpha value is -1.22. The Morgan fingerprint density at radius 2 is 1.79 bits per heavy atom. The molecule has 0 aliphatic heterocycles. The first-order valence-electron chi connectivity index (χ1n) is 6.86. The molecule has 3 heteroatoms. The molecule has 0 heterocycles. The third-order valence-electron chi connectivity index (χ3n) is 4.09. The first kappa shape index (κ1) is 15.8. The molecule has 19 heavy (non-hydrogen) atoms. The van der Waals surface area contributed by atoms with Crippen LogP contribution in [0.25, 0.3) is 0 Å². The smallest absolute Gasteiger partial charge is 0.160 e. The molecule has 108 valence electrons. The van der Waals surface area contributed by atoms with Crippen LogP contribution in [0, 0.1) is 5.41 Å². The summed E-state index contributed by atoms with van der Waals surface area (Å²) in [7, 11) is 5.37. The lowest BCUT2D eigenvalue weighted by molar-refractivity contribution is 0.240. The third kappa shape index (κ3) is 3.87. The van der Waals surface area contributed by atoms with Crippen LogP contribution in [0.3, 0.4) is 0 Å². The second-order valence-corrected chi connectivity index (χ2v) is 5.58. The molecule has 1 unspecified atom stereocenters. The minimum atomic E-state index is 0.266. The van der Waals surface area contributed by atoms with Crippen LogP contribution in [-0.4, -0.2) is 27.3 Å². The highest BCUT2D eigenvalue weighted by Gasteiger charge is 2.26. The zero-order valence-electron chi connectivity index (χ0n) is 13.0. The quantitative estimate of drug-likeness (QED) is 0.820. The summed E-state index contributed by atoms with van der Waals surface area (Å²) in [4.78, 5) is 0. The van der Waals surface area contributed by atoms with Crippen LogP contribution < -0.4 is 14.8 Å².